The summed E-state index contributed by atoms with van der Waals surface area (Å²) >= 11 is 0. The van der Waals surface area contributed by atoms with E-state index in [0.29, 0.717) is 11.5 Å². The van der Waals surface area contributed by atoms with Crippen molar-refractivity contribution in [2.24, 2.45) is 0 Å². The fraction of sp³-hybridized carbons (Fsp3) is 0.190. The zero-order chi connectivity index (χ0) is 18.5. The Morgan fingerprint density at radius 2 is 1.65 bits per heavy atom. The first-order valence-electron chi connectivity index (χ1n) is 8.47. The number of rotatable bonds is 5. The molecule has 0 fully saturated rings. The molecule has 26 heavy (non-hydrogen) atoms. The Bertz CT molecular complexity index is 835. The number of allylic oxidation sites excluding steroid dienone is 2. The number of nitrogens with one attached hydrogen (secondary N) is 1. The molecule has 1 amide bonds. The zero-order valence-electron chi connectivity index (χ0n) is 14.9. The number of hydrogen-bond donors (Lipinski definition) is 2. The maximum atomic E-state index is 12.5. The van der Waals surface area contributed by atoms with Gasteiger partial charge in [-0.1, -0.05) is 6.08 Å². The second kappa shape index (κ2) is 7.78. The minimum Gasteiger partial charge on any atom is -0.508 e. The van der Waals surface area contributed by atoms with Gasteiger partial charge in [-0.15, -0.1) is 0 Å². The predicted octanol–water partition coefficient (Wildman–Crippen LogP) is 4.29. The van der Waals surface area contributed by atoms with Crippen LogP contribution in [0.25, 0.3) is 0 Å². The molecular weight excluding hydrogens is 328 g/mol. The number of ether oxygens (including phenoxy) is 1. The smallest absolute Gasteiger partial charge is 0.251 e. The van der Waals surface area contributed by atoms with Crippen LogP contribution in [0.4, 0.5) is 5.69 Å². The maximum absolute atomic E-state index is 12.5. The number of phenols is 1. The van der Waals surface area contributed by atoms with E-state index in [2.05, 4.69) is 11.4 Å². The van der Waals surface area contributed by atoms with Gasteiger partial charge in [0.05, 0.1) is 0 Å². The van der Waals surface area contributed by atoms with E-state index >= 15 is 0 Å². The quantitative estimate of drug-likeness (QED) is 0.844. The van der Waals surface area contributed by atoms with E-state index in [1.54, 1.807) is 48.5 Å². The summed E-state index contributed by atoms with van der Waals surface area (Å²) in [6.07, 6.45) is 5.67. The van der Waals surface area contributed by atoms with Gasteiger partial charge in [-0.3, -0.25) is 4.79 Å². The van der Waals surface area contributed by atoms with Crippen LogP contribution in [0.15, 0.2) is 72.0 Å². The number of phenolic OH excluding ortho intramolecular Hbond substituents is 1. The van der Waals surface area contributed by atoms with E-state index in [1.807, 2.05) is 25.1 Å². The maximum Gasteiger partial charge on any atom is 0.251 e. The van der Waals surface area contributed by atoms with Crippen molar-refractivity contribution in [3.05, 3.63) is 72.0 Å². The van der Waals surface area contributed by atoms with Gasteiger partial charge < -0.3 is 20.1 Å². The standard InChI is InChI=1S/C21H22N2O3/c1-23(2)17-5-3-4-15(14-17)21(25)22-16-6-10-19(11-7-16)26-20-12-8-18(24)9-13-20/h5-14,24H,3-4H2,1-2H3,(H,22,25). The number of likely N-dealkylation sites (N-methyl/N-ethyl adjacent to an activating group) is 1. The highest BCUT2D eigenvalue weighted by atomic mass is 16.5. The largest absolute Gasteiger partial charge is 0.508 e. The Hall–Kier alpha value is -3.21. The van der Waals surface area contributed by atoms with Gasteiger partial charge in [0.2, 0.25) is 0 Å². The van der Waals surface area contributed by atoms with Gasteiger partial charge in [0.1, 0.15) is 17.2 Å². The van der Waals surface area contributed by atoms with Crippen molar-refractivity contribution in [3.63, 3.8) is 0 Å². The Kier molecular flexibility index (Phi) is 5.27. The average molecular weight is 350 g/mol. The summed E-state index contributed by atoms with van der Waals surface area (Å²) in [6.45, 7) is 0. The Morgan fingerprint density at radius 3 is 2.27 bits per heavy atom. The van der Waals surface area contributed by atoms with Gasteiger partial charge in [-0.05, 0) is 67.4 Å². The molecule has 0 bridgehead atoms. The van der Waals surface area contributed by atoms with E-state index in [0.717, 1.165) is 29.8 Å². The van der Waals surface area contributed by atoms with E-state index in [4.69, 9.17) is 4.74 Å². The molecule has 0 saturated carbocycles. The summed E-state index contributed by atoms with van der Waals surface area (Å²) in [7, 11) is 3.94. The summed E-state index contributed by atoms with van der Waals surface area (Å²) in [5, 5.41) is 12.2. The van der Waals surface area contributed by atoms with Crippen LogP contribution in [0.2, 0.25) is 0 Å². The highest BCUT2D eigenvalue weighted by Gasteiger charge is 2.14. The molecule has 0 saturated heterocycles. The Labute approximate surface area is 153 Å². The van der Waals surface area contributed by atoms with E-state index in [-0.39, 0.29) is 11.7 Å². The van der Waals surface area contributed by atoms with Crippen LogP contribution in [0.5, 0.6) is 17.2 Å². The first-order valence-corrected chi connectivity index (χ1v) is 8.47. The molecule has 2 aromatic rings. The first kappa shape index (κ1) is 17.6. The fourth-order valence-corrected chi connectivity index (χ4v) is 2.64. The number of nitrogens with zero attached hydrogens (tertiary/aromatic N) is 1. The summed E-state index contributed by atoms with van der Waals surface area (Å²) in [5.41, 5.74) is 2.55. The van der Waals surface area contributed by atoms with Crippen molar-refractivity contribution in [2.45, 2.75) is 12.8 Å². The van der Waals surface area contributed by atoms with Gasteiger partial charge in [0.15, 0.2) is 0 Å². The molecule has 0 spiro atoms. The molecule has 5 nitrogen and oxygen atoms in total. The van der Waals surface area contributed by atoms with Crippen LogP contribution >= 0.6 is 0 Å². The highest BCUT2D eigenvalue weighted by Crippen LogP contribution is 2.25. The Balaban J connectivity index is 1.63. The number of anilines is 1. The molecule has 0 aliphatic heterocycles. The number of carbonyl (C=O) groups is 1. The van der Waals surface area contributed by atoms with Crippen LogP contribution in [0.3, 0.4) is 0 Å². The van der Waals surface area contributed by atoms with Crippen molar-refractivity contribution in [3.8, 4) is 17.2 Å². The molecule has 0 heterocycles. The number of hydrogen-bond acceptors (Lipinski definition) is 4. The molecular formula is C21H22N2O3. The highest BCUT2D eigenvalue weighted by molar-refractivity contribution is 6.04. The average Bonchev–Trinajstić information content (AvgIpc) is 2.65. The lowest BCUT2D eigenvalue weighted by atomic mass is 10.0. The summed E-state index contributed by atoms with van der Waals surface area (Å²) in [6, 6.07) is 13.7. The van der Waals surface area contributed by atoms with Crippen LogP contribution in [-0.2, 0) is 4.79 Å². The number of amides is 1. The third-order valence-corrected chi connectivity index (χ3v) is 4.08. The molecule has 5 heteroatoms. The molecule has 2 N–H and O–H groups in total. The van der Waals surface area contributed by atoms with Crippen molar-refractivity contribution in [2.75, 3.05) is 19.4 Å². The minimum atomic E-state index is -0.0790. The molecule has 2 aromatic carbocycles. The van der Waals surface area contributed by atoms with Gasteiger partial charge in [0.25, 0.3) is 5.91 Å². The molecule has 0 unspecified atom stereocenters. The lowest BCUT2D eigenvalue weighted by molar-refractivity contribution is -0.113. The van der Waals surface area contributed by atoms with Gasteiger partial charge >= 0.3 is 0 Å². The van der Waals surface area contributed by atoms with E-state index in [9.17, 15) is 9.90 Å². The second-order valence-corrected chi connectivity index (χ2v) is 6.31. The van der Waals surface area contributed by atoms with Crippen molar-refractivity contribution in [1.82, 2.24) is 4.90 Å². The third kappa shape index (κ3) is 4.45. The van der Waals surface area contributed by atoms with Gasteiger partial charge in [-0.2, -0.15) is 0 Å². The van der Waals surface area contributed by atoms with Crippen molar-refractivity contribution < 1.29 is 14.6 Å². The second-order valence-electron chi connectivity index (χ2n) is 6.31. The predicted molar refractivity (Wildman–Crippen MR) is 102 cm³/mol. The fourth-order valence-electron chi connectivity index (χ4n) is 2.64. The molecule has 0 atom stereocenters. The minimum absolute atomic E-state index is 0.0790. The number of benzene rings is 2. The van der Waals surface area contributed by atoms with Crippen LogP contribution in [0, 0.1) is 0 Å². The van der Waals surface area contributed by atoms with Crippen LogP contribution < -0.4 is 10.1 Å². The summed E-state index contributed by atoms with van der Waals surface area (Å²) in [4.78, 5) is 14.5. The van der Waals surface area contributed by atoms with Gasteiger partial charge in [0, 0.05) is 31.1 Å². The molecule has 0 radical (unpaired) electrons. The normalized spacial score (nSPS) is 13.5. The zero-order valence-corrected chi connectivity index (χ0v) is 14.9. The molecule has 0 aromatic heterocycles. The monoisotopic (exact) mass is 350 g/mol. The number of carbonyl (C=O) groups excluding carboxylic acids is 1. The van der Waals surface area contributed by atoms with Gasteiger partial charge in [-0.25, -0.2) is 0 Å². The van der Waals surface area contributed by atoms with Crippen molar-refractivity contribution in [1.29, 1.82) is 0 Å². The lowest BCUT2D eigenvalue weighted by Gasteiger charge is -2.19. The topological polar surface area (TPSA) is 61.8 Å². The molecule has 1 aliphatic rings. The molecule has 3 rings (SSSR count). The molecule has 1 aliphatic carbocycles. The molecule has 134 valence electrons. The van der Waals surface area contributed by atoms with Crippen molar-refractivity contribution >= 4 is 11.6 Å². The Morgan fingerprint density at radius 1 is 1.04 bits per heavy atom. The van der Waals surface area contributed by atoms with E-state index < -0.39 is 0 Å². The van der Waals surface area contributed by atoms with Crippen LogP contribution in [0.1, 0.15) is 12.8 Å². The summed E-state index contributed by atoms with van der Waals surface area (Å²) < 4.78 is 5.70. The van der Waals surface area contributed by atoms with Crippen LogP contribution in [-0.4, -0.2) is 30.0 Å². The summed E-state index contributed by atoms with van der Waals surface area (Å²) in [5.74, 6) is 1.41. The third-order valence-electron chi connectivity index (χ3n) is 4.08. The van der Waals surface area contributed by atoms with E-state index in [1.165, 1.54) is 0 Å². The lowest BCUT2D eigenvalue weighted by Crippen LogP contribution is -2.18. The first-order chi connectivity index (χ1) is 12.5. The number of aromatic hydroxyl groups is 1. The SMILES string of the molecule is CN(C)C1=CCCC(C(=O)Nc2ccc(Oc3ccc(O)cc3)cc2)=C1.